The van der Waals surface area contributed by atoms with E-state index in [9.17, 15) is 14.4 Å². The van der Waals surface area contributed by atoms with E-state index in [1.807, 2.05) is 19.9 Å². The molecule has 0 aliphatic carbocycles. The van der Waals surface area contributed by atoms with E-state index in [0.717, 1.165) is 16.0 Å². The number of carbonyl (C=O) groups excluding carboxylic acids is 3. The number of barbiturate groups is 1. The van der Waals surface area contributed by atoms with Gasteiger partial charge in [0, 0.05) is 15.6 Å². The summed E-state index contributed by atoms with van der Waals surface area (Å²) >= 11 is 18.7. The summed E-state index contributed by atoms with van der Waals surface area (Å²) in [6, 6.07) is 12.7. The number of halogens is 3. The van der Waals surface area contributed by atoms with Crippen LogP contribution >= 0.6 is 34.8 Å². The third kappa shape index (κ3) is 5.96. The largest absolute Gasteiger partial charge is 0.490 e. The fourth-order valence-electron chi connectivity index (χ4n) is 4.00. The van der Waals surface area contributed by atoms with E-state index < -0.39 is 17.8 Å². The highest BCUT2D eigenvalue weighted by Crippen LogP contribution is 2.38. The predicted molar refractivity (Wildman–Crippen MR) is 148 cm³/mol. The highest BCUT2D eigenvalue weighted by molar-refractivity contribution is 6.39. The summed E-state index contributed by atoms with van der Waals surface area (Å²) in [5, 5.41) is 3.37. The number of rotatable bonds is 7. The maximum absolute atomic E-state index is 13.3. The molecular formula is C28H23Cl3N2O5. The Balaban J connectivity index is 1.67. The monoisotopic (exact) mass is 572 g/mol. The second-order valence-corrected chi connectivity index (χ2v) is 9.84. The number of carbonyl (C=O) groups is 3. The summed E-state index contributed by atoms with van der Waals surface area (Å²) in [6.07, 6.45) is 1.36. The lowest BCUT2D eigenvalue weighted by atomic mass is 10.0. The maximum atomic E-state index is 13.3. The number of benzene rings is 3. The molecule has 4 rings (SSSR count). The van der Waals surface area contributed by atoms with Crippen molar-refractivity contribution in [1.29, 1.82) is 0 Å². The Morgan fingerprint density at radius 1 is 0.895 bits per heavy atom. The van der Waals surface area contributed by atoms with Gasteiger partial charge in [-0.05, 0) is 79.9 Å². The summed E-state index contributed by atoms with van der Waals surface area (Å²) in [6.45, 7) is 5.91. The Hall–Kier alpha value is -3.52. The zero-order chi connectivity index (χ0) is 27.6. The van der Waals surface area contributed by atoms with Crippen LogP contribution in [0.1, 0.15) is 29.2 Å². The molecule has 0 unspecified atom stereocenters. The number of hydrogen-bond donors (Lipinski definition) is 1. The lowest BCUT2D eigenvalue weighted by Gasteiger charge is -2.27. The number of anilines is 1. The van der Waals surface area contributed by atoms with Crippen LogP contribution in [0.2, 0.25) is 15.1 Å². The van der Waals surface area contributed by atoms with Crippen LogP contribution in [0.25, 0.3) is 6.08 Å². The van der Waals surface area contributed by atoms with Gasteiger partial charge in [0.15, 0.2) is 11.5 Å². The van der Waals surface area contributed by atoms with Crippen molar-refractivity contribution in [3.8, 4) is 11.5 Å². The first-order valence-corrected chi connectivity index (χ1v) is 12.7. The molecule has 0 aromatic heterocycles. The number of urea groups is 1. The molecule has 1 saturated heterocycles. The number of aryl methyl sites for hydroxylation is 2. The second kappa shape index (κ2) is 11.5. The van der Waals surface area contributed by atoms with E-state index in [-0.39, 0.29) is 23.0 Å². The normalized spacial score (nSPS) is 14.6. The maximum Gasteiger partial charge on any atom is 0.335 e. The van der Waals surface area contributed by atoms with Crippen LogP contribution in [0.3, 0.4) is 0 Å². The van der Waals surface area contributed by atoms with Crippen LogP contribution in [-0.4, -0.2) is 24.5 Å². The Kier molecular flexibility index (Phi) is 8.31. The van der Waals surface area contributed by atoms with E-state index in [0.29, 0.717) is 39.2 Å². The Morgan fingerprint density at radius 2 is 1.61 bits per heavy atom. The van der Waals surface area contributed by atoms with Gasteiger partial charge in [-0.3, -0.25) is 14.9 Å². The smallest absolute Gasteiger partial charge is 0.335 e. The summed E-state index contributed by atoms with van der Waals surface area (Å²) in [4.78, 5) is 39.5. The number of imide groups is 2. The third-order valence-electron chi connectivity index (χ3n) is 5.60. The van der Waals surface area contributed by atoms with Gasteiger partial charge in [0.25, 0.3) is 11.8 Å². The minimum Gasteiger partial charge on any atom is -0.490 e. The van der Waals surface area contributed by atoms with Crippen LogP contribution in [0.4, 0.5) is 10.5 Å². The van der Waals surface area contributed by atoms with Crippen molar-refractivity contribution in [2.45, 2.75) is 27.4 Å². The molecule has 0 spiro atoms. The number of amides is 4. The Morgan fingerprint density at radius 3 is 2.26 bits per heavy atom. The second-order valence-electron chi connectivity index (χ2n) is 8.59. The molecule has 38 heavy (non-hydrogen) atoms. The summed E-state index contributed by atoms with van der Waals surface area (Å²) in [5.74, 6) is -0.987. The first-order chi connectivity index (χ1) is 18.1. The molecule has 1 aliphatic heterocycles. The van der Waals surface area contributed by atoms with Crippen molar-refractivity contribution in [2.24, 2.45) is 0 Å². The van der Waals surface area contributed by atoms with Gasteiger partial charge in [0.2, 0.25) is 0 Å². The van der Waals surface area contributed by atoms with Gasteiger partial charge in [0.05, 0.1) is 17.3 Å². The number of nitrogens with one attached hydrogen (secondary N) is 1. The molecule has 1 N–H and O–H groups in total. The minimum atomic E-state index is -0.820. The molecule has 10 heteroatoms. The molecule has 3 aromatic carbocycles. The SMILES string of the molecule is CCOc1cc(/C=C2\C(=O)NC(=O)N(c3cc(C)cc(C)c3)C2=O)cc(Cl)c1OCc1ccc(Cl)cc1Cl. The standard InChI is InChI=1S/C28H23Cl3N2O5/c1-4-37-24-12-17(11-23(31)25(24)38-14-18-5-6-19(29)13-22(18)30)10-21-26(34)32-28(36)33(27(21)35)20-8-15(2)7-16(3)9-20/h5-13H,4,14H2,1-3H3,(H,32,34,36)/b21-10+. The summed E-state index contributed by atoms with van der Waals surface area (Å²) < 4.78 is 11.7. The van der Waals surface area contributed by atoms with E-state index in [4.69, 9.17) is 44.3 Å². The van der Waals surface area contributed by atoms with Gasteiger partial charge in [-0.25, -0.2) is 9.69 Å². The molecule has 1 heterocycles. The Bertz CT molecular complexity index is 1470. The average molecular weight is 574 g/mol. The van der Waals surface area contributed by atoms with Gasteiger partial charge in [-0.1, -0.05) is 46.9 Å². The van der Waals surface area contributed by atoms with Crippen molar-refractivity contribution < 1.29 is 23.9 Å². The molecule has 4 amide bonds. The van der Waals surface area contributed by atoms with Crippen molar-refractivity contribution in [3.05, 3.63) is 91.4 Å². The molecule has 0 bridgehead atoms. The number of hydrogen-bond acceptors (Lipinski definition) is 5. The average Bonchev–Trinajstić information content (AvgIpc) is 2.82. The minimum absolute atomic E-state index is 0.101. The van der Waals surface area contributed by atoms with Crippen molar-refractivity contribution in [1.82, 2.24) is 5.32 Å². The molecule has 1 fully saturated rings. The lowest BCUT2D eigenvalue weighted by Crippen LogP contribution is -2.54. The highest BCUT2D eigenvalue weighted by atomic mass is 35.5. The number of nitrogens with zero attached hydrogens (tertiary/aromatic N) is 1. The molecule has 7 nitrogen and oxygen atoms in total. The van der Waals surface area contributed by atoms with E-state index >= 15 is 0 Å². The highest BCUT2D eigenvalue weighted by Gasteiger charge is 2.37. The van der Waals surface area contributed by atoms with Gasteiger partial charge >= 0.3 is 6.03 Å². The van der Waals surface area contributed by atoms with Gasteiger partial charge in [-0.15, -0.1) is 0 Å². The van der Waals surface area contributed by atoms with Crippen LogP contribution in [-0.2, 0) is 16.2 Å². The molecule has 1 aliphatic rings. The molecule has 3 aromatic rings. The fourth-order valence-corrected chi connectivity index (χ4v) is 4.74. The van der Waals surface area contributed by atoms with Crippen molar-refractivity contribution >= 4 is 64.4 Å². The molecule has 0 radical (unpaired) electrons. The topological polar surface area (TPSA) is 84.9 Å². The van der Waals surface area contributed by atoms with Crippen molar-refractivity contribution in [3.63, 3.8) is 0 Å². The van der Waals surface area contributed by atoms with Gasteiger partial charge in [0.1, 0.15) is 12.2 Å². The first kappa shape index (κ1) is 27.5. The molecule has 196 valence electrons. The van der Waals surface area contributed by atoms with Crippen LogP contribution in [0, 0.1) is 13.8 Å². The lowest BCUT2D eigenvalue weighted by molar-refractivity contribution is -0.122. The van der Waals surface area contributed by atoms with E-state index in [1.165, 1.54) is 12.1 Å². The fraction of sp³-hybridized carbons (Fsp3) is 0.179. The summed E-state index contributed by atoms with van der Waals surface area (Å²) in [5.41, 5.74) is 2.97. The van der Waals surface area contributed by atoms with E-state index in [2.05, 4.69) is 5.32 Å². The van der Waals surface area contributed by atoms with Crippen molar-refractivity contribution in [2.75, 3.05) is 11.5 Å². The van der Waals surface area contributed by atoms with Crippen LogP contribution < -0.4 is 19.7 Å². The summed E-state index contributed by atoms with van der Waals surface area (Å²) in [7, 11) is 0. The van der Waals surface area contributed by atoms with Gasteiger partial charge < -0.3 is 9.47 Å². The predicted octanol–water partition coefficient (Wildman–Crippen LogP) is 6.91. The third-order valence-corrected chi connectivity index (χ3v) is 6.46. The number of ether oxygens (including phenoxy) is 2. The van der Waals surface area contributed by atoms with Gasteiger partial charge in [-0.2, -0.15) is 0 Å². The van der Waals surface area contributed by atoms with Crippen LogP contribution in [0.5, 0.6) is 11.5 Å². The first-order valence-electron chi connectivity index (χ1n) is 11.6. The Labute approximate surface area is 234 Å². The molecule has 0 atom stereocenters. The molecular weight excluding hydrogens is 551 g/mol. The van der Waals surface area contributed by atoms with Crippen LogP contribution in [0.15, 0.2) is 54.1 Å². The van der Waals surface area contributed by atoms with E-state index in [1.54, 1.807) is 43.3 Å². The zero-order valence-electron chi connectivity index (χ0n) is 20.7. The zero-order valence-corrected chi connectivity index (χ0v) is 23.0. The molecule has 0 saturated carbocycles. The quantitative estimate of drug-likeness (QED) is 0.245.